The summed E-state index contributed by atoms with van der Waals surface area (Å²) in [6.45, 7) is 5.43. The summed E-state index contributed by atoms with van der Waals surface area (Å²) in [4.78, 5) is 14.7. The van der Waals surface area contributed by atoms with Crippen molar-refractivity contribution in [1.29, 1.82) is 5.26 Å². The van der Waals surface area contributed by atoms with Crippen molar-refractivity contribution in [3.05, 3.63) is 0 Å². The summed E-state index contributed by atoms with van der Waals surface area (Å²) in [7, 11) is 0. The lowest BCUT2D eigenvalue weighted by Crippen LogP contribution is -2.51. The Morgan fingerprint density at radius 2 is 1.79 bits per heavy atom. The maximum atomic E-state index is 12.8. The number of likely N-dealkylation sites (tertiary alicyclic amines) is 1. The molecule has 0 aliphatic carbocycles. The van der Waals surface area contributed by atoms with Crippen molar-refractivity contribution < 1.29 is 9.53 Å². The van der Waals surface area contributed by atoms with Gasteiger partial charge in [0.05, 0.1) is 18.3 Å². The first-order chi connectivity index (χ1) is 9.15. The summed E-state index contributed by atoms with van der Waals surface area (Å²) < 4.78 is 5.77. The Hall–Kier alpha value is -1.08. The quantitative estimate of drug-likeness (QED) is 0.766. The first-order valence-electron chi connectivity index (χ1n) is 7.51. The van der Waals surface area contributed by atoms with Crippen LogP contribution in [0.15, 0.2) is 0 Å². The molecule has 0 saturated carbocycles. The molecule has 0 aromatic carbocycles. The maximum Gasteiger partial charge on any atom is 0.243 e. The zero-order valence-corrected chi connectivity index (χ0v) is 12.0. The van der Waals surface area contributed by atoms with Crippen LogP contribution >= 0.6 is 0 Å². The van der Waals surface area contributed by atoms with E-state index in [1.54, 1.807) is 0 Å². The number of morpholine rings is 1. The van der Waals surface area contributed by atoms with Gasteiger partial charge >= 0.3 is 0 Å². The number of hydrogen-bond donors (Lipinski definition) is 0. The van der Waals surface area contributed by atoms with Crippen LogP contribution in [0.5, 0.6) is 0 Å². The van der Waals surface area contributed by atoms with Gasteiger partial charge in [0.15, 0.2) is 0 Å². The number of nitriles is 1. The average Bonchev–Trinajstić information content (AvgIpc) is 2.76. The molecule has 106 valence electrons. The molecule has 2 bridgehead atoms. The summed E-state index contributed by atoms with van der Waals surface area (Å²) in [5.74, 6) is 0.0406. The third kappa shape index (κ3) is 2.76. The second-order valence-corrected chi connectivity index (χ2v) is 5.86. The predicted molar refractivity (Wildman–Crippen MR) is 72.3 cm³/mol. The maximum absolute atomic E-state index is 12.8. The van der Waals surface area contributed by atoms with E-state index in [-0.39, 0.29) is 18.1 Å². The lowest BCUT2D eigenvalue weighted by molar-refractivity contribution is -0.148. The van der Waals surface area contributed by atoms with Crippen LogP contribution in [0.1, 0.15) is 52.4 Å². The molecule has 1 amide bonds. The van der Waals surface area contributed by atoms with Gasteiger partial charge in [0, 0.05) is 13.1 Å². The minimum absolute atomic E-state index is 0.0406. The molecule has 19 heavy (non-hydrogen) atoms. The fourth-order valence-electron chi connectivity index (χ4n) is 3.44. The van der Waals surface area contributed by atoms with Crippen LogP contribution < -0.4 is 0 Å². The minimum atomic E-state index is -0.805. The van der Waals surface area contributed by atoms with Gasteiger partial charge in [0.2, 0.25) is 5.91 Å². The first-order valence-corrected chi connectivity index (χ1v) is 7.51. The first kappa shape index (κ1) is 14.3. The number of carbonyl (C=O) groups excluding carboxylic acids is 1. The SMILES string of the molecule is CCCC(C#N)(CCC)C(=O)N1CC2CCC(C1)O2. The van der Waals surface area contributed by atoms with Gasteiger partial charge in [-0.15, -0.1) is 0 Å². The van der Waals surface area contributed by atoms with Crippen LogP contribution in [0.4, 0.5) is 0 Å². The fourth-order valence-corrected chi connectivity index (χ4v) is 3.44. The molecule has 2 saturated heterocycles. The van der Waals surface area contributed by atoms with Crippen LogP contribution in [0.25, 0.3) is 0 Å². The molecule has 0 spiro atoms. The van der Waals surface area contributed by atoms with Gasteiger partial charge in [-0.1, -0.05) is 26.7 Å². The van der Waals surface area contributed by atoms with E-state index in [1.165, 1.54) is 0 Å². The Balaban J connectivity index is 2.13. The van der Waals surface area contributed by atoms with Gasteiger partial charge < -0.3 is 9.64 Å². The monoisotopic (exact) mass is 264 g/mol. The Bertz CT molecular complexity index is 357. The highest BCUT2D eigenvalue weighted by molar-refractivity contribution is 5.85. The van der Waals surface area contributed by atoms with E-state index in [0.717, 1.165) is 25.7 Å². The molecule has 2 rings (SSSR count). The van der Waals surface area contributed by atoms with Crippen LogP contribution in [0.3, 0.4) is 0 Å². The molecule has 2 fully saturated rings. The van der Waals surface area contributed by atoms with E-state index >= 15 is 0 Å². The van der Waals surface area contributed by atoms with Gasteiger partial charge in [0.1, 0.15) is 5.41 Å². The number of carbonyl (C=O) groups is 1. The van der Waals surface area contributed by atoms with E-state index in [2.05, 4.69) is 6.07 Å². The van der Waals surface area contributed by atoms with Gasteiger partial charge in [-0.05, 0) is 25.7 Å². The molecule has 2 atom stereocenters. The highest BCUT2D eigenvalue weighted by Crippen LogP contribution is 2.34. The molecule has 0 N–H and O–H groups in total. The summed E-state index contributed by atoms with van der Waals surface area (Å²) in [5.41, 5.74) is -0.805. The molecule has 4 heteroatoms. The normalized spacial score (nSPS) is 26.3. The Kier molecular flexibility index (Phi) is 4.46. The molecule has 2 aliphatic rings. The van der Waals surface area contributed by atoms with Gasteiger partial charge in [-0.2, -0.15) is 5.26 Å². The average molecular weight is 264 g/mol. The Morgan fingerprint density at radius 3 is 2.21 bits per heavy atom. The molecular weight excluding hydrogens is 240 g/mol. The highest BCUT2D eigenvalue weighted by Gasteiger charge is 2.44. The van der Waals surface area contributed by atoms with Crippen molar-refractivity contribution in [2.24, 2.45) is 5.41 Å². The summed E-state index contributed by atoms with van der Waals surface area (Å²) in [5, 5.41) is 9.56. The molecule has 2 aliphatic heterocycles. The predicted octanol–water partition coefficient (Wildman–Crippen LogP) is 2.49. The largest absolute Gasteiger partial charge is 0.371 e. The van der Waals surface area contributed by atoms with Crippen LogP contribution in [-0.4, -0.2) is 36.1 Å². The van der Waals surface area contributed by atoms with Crippen LogP contribution in [0, 0.1) is 16.7 Å². The lowest BCUT2D eigenvalue weighted by Gasteiger charge is -2.37. The van der Waals surface area contributed by atoms with E-state index in [4.69, 9.17) is 4.74 Å². The van der Waals surface area contributed by atoms with Gasteiger partial charge in [0.25, 0.3) is 0 Å². The van der Waals surface area contributed by atoms with Gasteiger partial charge in [-0.3, -0.25) is 4.79 Å². The van der Waals surface area contributed by atoms with Crippen LogP contribution in [0.2, 0.25) is 0 Å². The summed E-state index contributed by atoms with van der Waals surface area (Å²) >= 11 is 0. The topological polar surface area (TPSA) is 53.3 Å². The highest BCUT2D eigenvalue weighted by atomic mass is 16.5. The molecule has 2 unspecified atom stereocenters. The van der Waals surface area contributed by atoms with Crippen LogP contribution in [-0.2, 0) is 9.53 Å². The zero-order chi connectivity index (χ0) is 13.9. The van der Waals surface area contributed by atoms with Crippen molar-refractivity contribution in [2.45, 2.75) is 64.6 Å². The third-order valence-corrected chi connectivity index (χ3v) is 4.31. The smallest absolute Gasteiger partial charge is 0.243 e. The summed E-state index contributed by atoms with van der Waals surface area (Å²) in [6, 6.07) is 2.33. The zero-order valence-electron chi connectivity index (χ0n) is 12.0. The number of hydrogen-bond acceptors (Lipinski definition) is 3. The van der Waals surface area contributed by atoms with Gasteiger partial charge in [-0.25, -0.2) is 0 Å². The van der Waals surface area contributed by atoms with Crippen molar-refractivity contribution in [2.75, 3.05) is 13.1 Å². The standard InChI is InChI=1S/C15H24N2O2/c1-3-7-15(11-16,8-4-2)14(18)17-9-12-5-6-13(10-17)19-12/h12-13H,3-10H2,1-2H3. The third-order valence-electron chi connectivity index (χ3n) is 4.31. The molecule has 0 aromatic rings. The Morgan fingerprint density at radius 1 is 1.26 bits per heavy atom. The van der Waals surface area contributed by atoms with Crippen molar-refractivity contribution >= 4 is 5.91 Å². The molecule has 2 heterocycles. The number of fused-ring (bicyclic) bond motifs is 2. The second kappa shape index (κ2) is 5.92. The summed E-state index contributed by atoms with van der Waals surface area (Å²) in [6.07, 6.45) is 5.58. The number of nitrogens with zero attached hydrogens (tertiary/aromatic N) is 2. The van der Waals surface area contributed by atoms with E-state index < -0.39 is 5.41 Å². The number of rotatable bonds is 5. The second-order valence-electron chi connectivity index (χ2n) is 5.86. The molecule has 4 nitrogen and oxygen atoms in total. The van der Waals surface area contributed by atoms with E-state index in [0.29, 0.717) is 25.9 Å². The molecule has 0 radical (unpaired) electrons. The van der Waals surface area contributed by atoms with Crippen molar-refractivity contribution in [1.82, 2.24) is 4.90 Å². The Labute approximate surface area is 115 Å². The van der Waals surface area contributed by atoms with E-state index in [1.807, 2.05) is 18.7 Å². The number of ether oxygens (including phenoxy) is 1. The van der Waals surface area contributed by atoms with Crippen molar-refractivity contribution in [3.8, 4) is 6.07 Å². The fraction of sp³-hybridized carbons (Fsp3) is 0.867. The minimum Gasteiger partial charge on any atom is -0.371 e. The van der Waals surface area contributed by atoms with Crippen molar-refractivity contribution in [3.63, 3.8) is 0 Å². The van der Waals surface area contributed by atoms with E-state index in [9.17, 15) is 10.1 Å². The number of amides is 1. The lowest BCUT2D eigenvalue weighted by atomic mass is 9.79. The molecule has 0 aromatic heterocycles. The molecular formula is C15H24N2O2.